The summed E-state index contributed by atoms with van der Waals surface area (Å²) in [5, 5.41) is 13.4. The Labute approximate surface area is 208 Å². The van der Waals surface area contributed by atoms with Crippen LogP contribution in [-0.4, -0.2) is 33.2 Å². The second kappa shape index (κ2) is 9.60. The van der Waals surface area contributed by atoms with Gasteiger partial charge in [-0.25, -0.2) is 4.79 Å². The maximum absolute atomic E-state index is 11.4. The van der Waals surface area contributed by atoms with Crippen molar-refractivity contribution < 1.29 is 19.1 Å². The quantitative estimate of drug-likeness (QED) is 0.345. The summed E-state index contributed by atoms with van der Waals surface area (Å²) in [5.74, 6) is 1.10. The molecule has 2 N–H and O–H groups in total. The number of carbonyl (C=O) groups is 1. The molecule has 1 aliphatic heterocycles. The third-order valence-corrected chi connectivity index (χ3v) is 6.37. The highest BCUT2D eigenvalue weighted by atomic mass is 32.1. The number of benzene rings is 2. The number of hydrogen-bond donors (Lipinski definition) is 2. The molecule has 0 aliphatic carbocycles. The van der Waals surface area contributed by atoms with Crippen molar-refractivity contribution in [2.45, 2.75) is 18.6 Å². The molecule has 0 saturated carbocycles. The normalized spacial score (nSPS) is 17.3. The number of ether oxygens (including phenoxy) is 1. The lowest BCUT2D eigenvalue weighted by molar-refractivity contribution is 0.0697. The monoisotopic (exact) mass is 485 g/mol. The Kier molecular flexibility index (Phi) is 6.20. The lowest BCUT2D eigenvalue weighted by Gasteiger charge is -2.26. The number of thiocarbonyl (C=S) groups is 1. The zero-order valence-corrected chi connectivity index (χ0v) is 19.7. The average Bonchev–Trinajstić information content (AvgIpc) is 3.50. The van der Waals surface area contributed by atoms with E-state index < -0.39 is 5.97 Å². The number of furan rings is 1. The van der Waals surface area contributed by atoms with E-state index in [-0.39, 0.29) is 17.6 Å². The number of carboxylic acids is 1. The SMILES string of the molecule is COc1ccc(CN2C(=S)N[C@H](c3ccccn3)[C@@H]2c2ccc(-c3cccc(C(=O)O)c3)o2)cc1. The van der Waals surface area contributed by atoms with Crippen molar-refractivity contribution in [2.24, 2.45) is 0 Å². The molecule has 7 nitrogen and oxygen atoms in total. The predicted octanol–water partition coefficient (Wildman–Crippen LogP) is 5.22. The Bertz CT molecular complexity index is 1350. The van der Waals surface area contributed by atoms with Crippen LogP contribution in [0.2, 0.25) is 0 Å². The molecule has 35 heavy (non-hydrogen) atoms. The third-order valence-electron chi connectivity index (χ3n) is 6.02. The molecule has 0 unspecified atom stereocenters. The Morgan fingerprint density at radius 1 is 1.11 bits per heavy atom. The van der Waals surface area contributed by atoms with Crippen molar-refractivity contribution in [2.75, 3.05) is 7.11 Å². The molecule has 2 atom stereocenters. The Balaban J connectivity index is 1.51. The summed E-state index contributed by atoms with van der Waals surface area (Å²) in [6.07, 6.45) is 1.76. The van der Waals surface area contributed by atoms with Gasteiger partial charge in [-0.2, -0.15) is 0 Å². The molecule has 4 aromatic rings. The van der Waals surface area contributed by atoms with Gasteiger partial charge >= 0.3 is 5.97 Å². The lowest BCUT2D eigenvalue weighted by Crippen LogP contribution is -2.29. The lowest BCUT2D eigenvalue weighted by atomic mass is 10.0. The van der Waals surface area contributed by atoms with Gasteiger partial charge in [-0.05, 0) is 66.3 Å². The largest absolute Gasteiger partial charge is 0.497 e. The van der Waals surface area contributed by atoms with Gasteiger partial charge in [-0.1, -0.05) is 30.3 Å². The van der Waals surface area contributed by atoms with Crippen LogP contribution in [0.15, 0.2) is 89.5 Å². The molecule has 2 aromatic carbocycles. The zero-order valence-electron chi connectivity index (χ0n) is 18.9. The fourth-order valence-corrected chi connectivity index (χ4v) is 4.59. The standard InChI is InChI=1S/C27H23N3O4S/c1-33-20-10-8-17(9-11-20)16-30-25(24(29-27(30)35)21-7-2-3-14-28-21)23-13-12-22(34-23)18-5-4-6-19(15-18)26(31)32/h2-15,24-25H,16H2,1H3,(H,29,35)(H,31,32)/t24-,25+/m1/s1. The Morgan fingerprint density at radius 2 is 1.94 bits per heavy atom. The van der Waals surface area contributed by atoms with Gasteiger partial charge in [0, 0.05) is 18.3 Å². The van der Waals surface area contributed by atoms with Gasteiger partial charge in [0.2, 0.25) is 0 Å². The van der Waals surface area contributed by atoms with Gasteiger partial charge in [0.25, 0.3) is 0 Å². The number of rotatable bonds is 7. The van der Waals surface area contributed by atoms with E-state index in [4.69, 9.17) is 21.4 Å². The van der Waals surface area contributed by atoms with E-state index in [0.29, 0.717) is 28.7 Å². The summed E-state index contributed by atoms with van der Waals surface area (Å²) in [6.45, 7) is 0.564. The van der Waals surface area contributed by atoms with E-state index >= 15 is 0 Å². The predicted molar refractivity (Wildman–Crippen MR) is 135 cm³/mol. The van der Waals surface area contributed by atoms with E-state index in [9.17, 15) is 9.90 Å². The number of nitrogens with zero attached hydrogens (tertiary/aromatic N) is 2. The molecule has 2 aromatic heterocycles. The Morgan fingerprint density at radius 3 is 2.66 bits per heavy atom. The van der Waals surface area contributed by atoms with Crippen molar-refractivity contribution >= 4 is 23.3 Å². The van der Waals surface area contributed by atoms with Crippen LogP contribution in [0.1, 0.15) is 39.5 Å². The number of aromatic carboxylic acids is 1. The van der Waals surface area contributed by atoms with Crippen LogP contribution in [0.25, 0.3) is 11.3 Å². The summed E-state index contributed by atoms with van der Waals surface area (Å²) >= 11 is 5.74. The van der Waals surface area contributed by atoms with E-state index in [1.807, 2.05) is 60.7 Å². The number of pyridine rings is 1. The second-order valence-corrected chi connectivity index (χ2v) is 8.58. The number of hydrogen-bond acceptors (Lipinski definition) is 5. The van der Waals surface area contributed by atoms with Crippen molar-refractivity contribution in [3.63, 3.8) is 0 Å². The number of methoxy groups -OCH3 is 1. The summed E-state index contributed by atoms with van der Waals surface area (Å²) in [6, 6.07) is 23.7. The van der Waals surface area contributed by atoms with Crippen molar-refractivity contribution in [3.05, 3.63) is 108 Å². The van der Waals surface area contributed by atoms with Gasteiger partial charge in [-0.3, -0.25) is 4.98 Å². The minimum Gasteiger partial charge on any atom is -0.497 e. The molecule has 0 amide bonds. The molecule has 0 spiro atoms. The van der Waals surface area contributed by atoms with Crippen molar-refractivity contribution in [1.29, 1.82) is 0 Å². The molecular formula is C27H23N3O4S. The molecular weight excluding hydrogens is 462 g/mol. The first-order valence-corrected chi connectivity index (χ1v) is 11.5. The number of aromatic nitrogens is 1. The summed E-state index contributed by atoms with van der Waals surface area (Å²) in [4.78, 5) is 18.1. The maximum Gasteiger partial charge on any atom is 0.335 e. The summed E-state index contributed by atoms with van der Waals surface area (Å²) in [5.41, 5.74) is 2.82. The molecule has 3 heterocycles. The van der Waals surface area contributed by atoms with Gasteiger partial charge in [0.1, 0.15) is 23.3 Å². The minimum atomic E-state index is -0.982. The fourth-order valence-electron chi connectivity index (χ4n) is 4.28. The molecule has 1 fully saturated rings. The van der Waals surface area contributed by atoms with Gasteiger partial charge < -0.3 is 24.5 Å². The highest BCUT2D eigenvalue weighted by molar-refractivity contribution is 7.80. The van der Waals surface area contributed by atoms with Crippen molar-refractivity contribution in [1.82, 2.24) is 15.2 Å². The fraction of sp³-hybridized carbons (Fsp3) is 0.148. The minimum absolute atomic E-state index is 0.205. The first-order chi connectivity index (χ1) is 17.0. The number of carboxylic acid groups (broad SMARTS) is 1. The molecule has 0 bridgehead atoms. The van der Waals surface area contributed by atoms with Crippen LogP contribution in [0.3, 0.4) is 0 Å². The molecule has 1 aliphatic rings. The topological polar surface area (TPSA) is 87.8 Å². The van der Waals surface area contributed by atoms with Gasteiger partial charge in [-0.15, -0.1) is 0 Å². The Hall–Kier alpha value is -4.17. The van der Waals surface area contributed by atoms with Crippen LogP contribution in [0.4, 0.5) is 0 Å². The van der Waals surface area contributed by atoms with Gasteiger partial charge in [0.15, 0.2) is 5.11 Å². The van der Waals surface area contributed by atoms with Gasteiger partial charge in [0.05, 0.1) is 24.4 Å². The van der Waals surface area contributed by atoms with E-state index in [1.54, 1.807) is 31.5 Å². The molecule has 1 saturated heterocycles. The second-order valence-electron chi connectivity index (χ2n) is 8.19. The summed E-state index contributed by atoms with van der Waals surface area (Å²) in [7, 11) is 1.64. The van der Waals surface area contributed by atoms with Crippen LogP contribution >= 0.6 is 12.2 Å². The van der Waals surface area contributed by atoms with E-state index in [1.165, 1.54) is 0 Å². The smallest absolute Gasteiger partial charge is 0.335 e. The molecule has 0 radical (unpaired) electrons. The zero-order chi connectivity index (χ0) is 24.4. The van der Waals surface area contributed by atoms with Crippen LogP contribution < -0.4 is 10.1 Å². The number of nitrogens with one attached hydrogen (secondary N) is 1. The summed E-state index contributed by atoms with van der Waals surface area (Å²) < 4.78 is 11.6. The van der Waals surface area contributed by atoms with Crippen LogP contribution in [-0.2, 0) is 6.54 Å². The molecule has 5 rings (SSSR count). The highest BCUT2D eigenvalue weighted by Gasteiger charge is 2.41. The van der Waals surface area contributed by atoms with Crippen LogP contribution in [0.5, 0.6) is 5.75 Å². The van der Waals surface area contributed by atoms with Crippen molar-refractivity contribution in [3.8, 4) is 17.1 Å². The molecule has 8 heteroatoms. The van der Waals surface area contributed by atoms with E-state index in [2.05, 4.69) is 15.2 Å². The molecule has 176 valence electrons. The first-order valence-electron chi connectivity index (χ1n) is 11.1. The maximum atomic E-state index is 11.4. The third kappa shape index (κ3) is 4.61. The highest BCUT2D eigenvalue weighted by Crippen LogP contribution is 2.41. The first kappa shape index (κ1) is 22.6. The van der Waals surface area contributed by atoms with E-state index in [0.717, 1.165) is 17.0 Å². The average molecular weight is 486 g/mol. The van der Waals surface area contributed by atoms with Crippen LogP contribution in [0, 0.1) is 0 Å².